The van der Waals surface area contributed by atoms with Gasteiger partial charge in [-0.25, -0.2) is 0 Å². The molecular weight excluding hydrogens is 186 g/mol. The van der Waals surface area contributed by atoms with Crippen molar-refractivity contribution in [3.05, 3.63) is 0 Å². The van der Waals surface area contributed by atoms with E-state index in [9.17, 15) is 4.79 Å². The molecule has 14 heavy (non-hydrogen) atoms. The van der Waals surface area contributed by atoms with Crippen LogP contribution in [0.5, 0.6) is 0 Å². The Bertz CT molecular complexity index is 141. The number of aliphatic hydroxyl groups is 2. The molecule has 5 heteroatoms. The van der Waals surface area contributed by atoms with Crippen LogP contribution in [0.15, 0.2) is 0 Å². The number of hydrogen-bond donors (Lipinski definition) is 4. The van der Waals surface area contributed by atoms with Gasteiger partial charge in [-0.15, -0.1) is 0 Å². The van der Waals surface area contributed by atoms with Gasteiger partial charge in [-0.2, -0.15) is 0 Å². The fraction of sp³-hybridized carbons (Fsp3) is 0.889. The molecule has 0 aromatic carbocycles. The van der Waals surface area contributed by atoms with E-state index in [0.717, 1.165) is 6.42 Å². The van der Waals surface area contributed by atoms with Gasteiger partial charge in [-0.3, -0.25) is 4.79 Å². The molecule has 0 amide bonds. The smallest absolute Gasteiger partial charge is 0.306 e. The molecule has 0 radical (unpaired) electrons. The molecule has 0 rings (SSSR count). The van der Waals surface area contributed by atoms with Gasteiger partial charge < -0.3 is 21.5 Å². The first-order chi connectivity index (χ1) is 6.22. The van der Waals surface area contributed by atoms with E-state index < -0.39 is 5.97 Å². The van der Waals surface area contributed by atoms with E-state index in [1.165, 1.54) is 0 Å². The van der Waals surface area contributed by atoms with Crippen LogP contribution in [-0.2, 0) is 4.79 Å². The lowest BCUT2D eigenvalue weighted by atomic mass is 9.97. The van der Waals surface area contributed by atoms with Crippen LogP contribution in [0.2, 0.25) is 0 Å². The van der Waals surface area contributed by atoms with Crippen LogP contribution >= 0.6 is 0 Å². The summed E-state index contributed by atoms with van der Waals surface area (Å²) in [6.45, 7) is 0.163. The minimum absolute atomic E-state index is 0. The number of carboxylic acid groups (broad SMARTS) is 1. The number of carbonyl (C=O) groups is 1. The molecule has 5 nitrogen and oxygen atoms in total. The van der Waals surface area contributed by atoms with Gasteiger partial charge in [0, 0.05) is 13.2 Å². The zero-order chi connectivity index (χ0) is 10.1. The Kier molecular flexibility index (Phi) is 11.8. The van der Waals surface area contributed by atoms with Crippen molar-refractivity contribution in [3.63, 3.8) is 0 Å². The number of rotatable bonds is 8. The predicted molar refractivity (Wildman–Crippen MR) is 53.4 cm³/mol. The van der Waals surface area contributed by atoms with Crippen molar-refractivity contribution in [1.29, 1.82) is 0 Å². The van der Waals surface area contributed by atoms with Gasteiger partial charge in [0.2, 0.25) is 0 Å². The molecule has 0 aromatic heterocycles. The van der Waals surface area contributed by atoms with Crippen LogP contribution < -0.4 is 6.15 Å². The monoisotopic (exact) mass is 207 g/mol. The van der Waals surface area contributed by atoms with E-state index in [1.807, 2.05) is 0 Å². The highest BCUT2D eigenvalue weighted by Crippen LogP contribution is 2.14. The van der Waals surface area contributed by atoms with Crippen LogP contribution in [0.1, 0.15) is 32.1 Å². The summed E-state index contributed by atoms with van der Waals surface area (Å²) < 4.78 is 0. The van der Waals surface area contributed by atoms with Crippen LogP contribution in [0, 0.1) is 5.92 Å². The number of unbranched alkanes of at least 4 members (excludes halogenated alkanes) is 1. The summed E-state index contributed by atoms with van der Waals surface area (Å²) in [4.78, 5) is 10.7. The first-order valence-electron chi connectivity index (χ1n) is 4.67. The molecule has 0 heterocycles. The van der Waals surface area contributed by atoms with Crippen molar-refractivity contribution in [1.82, 2.24) is 6.15 Å². The lowest BCUT2D eigenvalue weighted by Crippen LogP contribution is -2.14. The normalized spacial score (nSPS) is 11.9. The van der Waals surface area contributed by atoms with Crippen LogP contribution in [0.25, 0.3) is 0 Å². The van der Waals surface area contributed by atoms with Crippen LogP contribution in [-0.4, -0.2) is 34.5 Å². The predicted octanol–water partition coefficient (Wildman–Crippen LogP) is 0.784. The summed E-state index contributed by atoms with van der Waals surface area (Å²) in [6, 6.07) is 0. The van der Waals surface area contributed by atoms with Crippen molar-refractivity contribution in [2.45, 2.75) is 32.1 Å². The zero-order valence-electron chi connectivity index (χ0n) is 8.48. The highest BCUT2D eigenvalue weighted by molar-refractivity contribution is 5.69. The topological polar surface area (TPSA) is 113 Å². The van der Waals surface area contributed by atoms with E-state index in [1.54, 1.807) is 0 Å². The molecule has 0 aliphatic carbocycles. The van der Waals surface area contributed by atoms with Gasteiger partial charge in [0.1, 0.15) is 0 Å². The quantitative estimate of drug-likeness (QED) is 0.439. The van der Waals surface area contributed by atoms with Crippen molar-refractivity contribution in [2.24, 2.45) is 5.92 Å². The summed E-state index contributed by atoms with van der Waals surface area (Å²) in [7, 11) is 0. The number of hydrogen-bond acceptors (Lipinski definition) is 4. The lowest BCUT2D eigenvalue weighted by Gasteiger charge is -2.10. The van der Waals surface area contributed by atoms with E-state index >= 15 is 0 Å². The molecular formula is C9H21NO4. The van der Waals surface area contributed by atoms with Gasteiger partial charge in [-0.1, -0.05) is 6.42 Å². The van der Waals surface area contributed by atoms with E-state index in [-0.39, 0.29) is 25.3 Å². The third kappa shape index (κ3) is 7.97. The minimum atomic E-state index is -0.800. The summed E-state index contributed by atoms with van der Waals surface area (Å²) in [5, 5.41) is 25.8. The molecule has 0 saturated heterocycles. The Morgan fingerprint density at radius 3 is 1.93 bits per heavy atom. The van der Waals surface area contributed by atoms with Crippen molar-refractivity contribution in [2.75, 3.05) is 13.2 Å². The third-order valence-electron chi connectivity index (χ3n) is 2.02. The molecule has 0 aliphatic rings. The maximum Gasteiger partial charge on any atom is 0.306 e. The Morgan fingerprint density at radius 1 is 1.00 bits per heavy atom. The van der Waals surface area contributed by atoms with Gasteiger partial charge in [-0.05, 0) is 25.7 Å². The molecule has 1 unspecified atom stereocenters. The summed E-state index contributed by atoms with van der Waals surface area (Å²) in [5.74, 6) is -1.16. The van der Waals surface area contributed by atoms with Gasteiger partial charge in [0.05, 0.1) is 5.92 Å². The van der Waals surface area contributed by atoms with Gasteiger partial charge in [0.15, 0.2) is 0 Å². The second-order valence-corrected chi connectivity index (χ2v) is 3.12. The van der Waals surface area contributed by atoms with E-state index in [0.29, 0.717) is 25.7 Å². The second kappa shape index (κ2) is 10.4. The van der Waals surface area contributed by atoms with Crippen LogP contribution in [0.3, 0.4) is 0 Å². The number of aliphatic hydroxyl groups excluding tert-OH is 2. The third-order valence-corrected chi connectivity index (χ3v) is 2.02. The standard InChI is InChI=1S/C9H18O4.H3N/c10-6-2-1-4-8(9(12)13)5-3-7-11;/h8,10-11H,1-7H2,(H,12,13);1H3. The fourth-order valence-electron chi connectivity index (χ4n) is 1.23. The van der Waals surface area contributed by atoms with E-state index in [4.69, 9.17) is 15.3 Å². The summed E-state index contributed by atoms with van der Waals surface area (Å²) in [5.41, 5.74) is 0. The highest BCUT2D eigenvalue weighted by Gasteiger charge is 2.15. The Balaban J connectivity index is 0. The number of carboxylic acids is 1. The lowest BCUT2D eigenvalue weighted by molar-refractivity contribution is -0.142. The average molecular weight is 207 g/mol. The molecule has 0 saturated carbocycles. The Labute approximate surface area is 84.3 Å². The largest absolute Gasteiger partial charge is 0.481 e. The molecule has 0 spiro atoms. The average Bonchev–Trinajstić information content (AvgIpc) is 2.10. The van der Waals surface area contributed by atoms with Gasteiger partial charge >= 0.3 is 5.97 Å². The first kappa shape index (κ1) is 15.8. The summed E-state index contributed by atoms with van der Waals surface area (Å²) in [6.07, 6.45) is 3.05. The summed E-state index contributed by atoms with van der Waals surface area (Å²) >= 11 is 0. The SMILES string of the molecule is N.O=C(O)C(CCCO)CCCCO. The van der Waals surface area contributed by atoms with Crippen molar-refractivity contribution >= 4 is 5.97 Å². The van der Waals surface area contributed by atoms with E-state index in [2.05, 4.69) is 0 Å². The molecule has 1 atom stereocenters. The minimum Gasteiger partial charge on any atom is -0.481 e. The maximum absolute atomic E-state index is 10.7. The Morgan fingerprint density at radius 2 is 1.50 bits per heavy atom. The van der Waals surface area contributed by atoms with Crippen molar-refractivity contribution in [3.8, 4) is 0 Å². The van der Waals surface area contributed by atoms with Crippen molar-refractivity contribution < 1.29 is 20.1 Å². The fourth-order valence-corrected chi connectivity index (χ4v) is 1.23. The first-order valence-corrected chi connectivity index (χ1v) is 4.67. The second-order valence-electron chi connectivity index (χ2n) is 3.12. The zero-order valence-corrected chi connectivity index (χ0v) is 8.48. The Hall–Kier alpha value is -0.650. The van der Waals surface area contributed by atoms with Crippen LogP contribution in [0.4, 0.5) is 0 Å². The molecule has 0 fully saturated rings. The number of aliphatic carboxylic acids is 1. The molecule has 6 N–H and O–H groups in total. The maximum atomic E-state index is 10.7. The molecule has 0 bridgehead atoms. The molecule has 0 aromatic rings. The van der Waals surface area contributed by atoms with Gasteiger partial charge in [0.25, 0.3) is 0 Å². The highest BCUT2D eigenvalue weighted by atomic mass is 16.4. The molecule has 0 aliphatic heterocycles. The molecule has 86 valence electrons.